The Morgan fingerprint density at radius 1 is 1.09 bits per heavy atom. The van der Waals surface area contributed by atoms with Gasteiger partial charge in [-0.15, -0.1) is 0 Å². The Morgan fingerprint density at radius 3 is 2.65 bits per heavy atom. The second kappa shape index (κ2) is 7.64. The van der Waals surface area contributed by atoms with Crippen LogP contribution in [0.15, 0.2) is 30.5 Å². The van der Waals surface area contributed by atoms with Crippen LogP contribution >= 0.6 is 11.6 Å². The molecule has 0 amide bonds. The third kappa shape index (κ3) is 4.58. The van der Waals surface area contributed by atoms with Gasteiger partial charge in [0, 0.05) is 22.9 Å². The number of anilines is 3. The first-order valence-electron chi connectivity index (χ1n) is 8.33. The van der Waals surface area contributed by atoms with E-state index in [2.05, 4.69) is 20.6 Å². The summed E-state index contributed by atoms with van der Waals surface area (Å²) in [5, 5.41) is 7.51. The maximum Gasteiger partial charge on any atom is 0.229 e. The van der Waals surface area contributed by atoms with E-state index >= 15 is 0 Å². The summed E-state index contributed by atoms with van der Waals surface area (Å²) >= 11 is 6.07. The van der Waals surface area contributed by atoms with Crippen LogP contribution in [-0.4, -0.2) is 16.0 Å². The number of aromatic nitrogens is 2. The van der Waals surface area contributed by atoms with Crippen molar-refractivity contribution >= 4 is 29.1 Å². The van der Waals surface area contributed by atoms with Crippen molar-refractivity contribution in [1.29, 1.82) is 0 Å². The summed E-state index contributed by atoms with van der Waals surface area (Å²) in [6.07, 6.45) is 9.53. The number of rotatable bonds is 4. The monoisotopic (exact) mass is 330 g/mol. The maximum atomic E-state index is 6.07. The van der Waals surface area contributed by atoms with Crippen molar-refractivity contribution < 1.29 is 0 Å². The lowest BCUT2D eigenvalue weighted by Gasteiger charge is -2.17. The van der Waals surface area contributed by atoms with E-state index in [1.165, 1.54) is 38.5 Å². The molecule has 4 nitrogen and oxygen atoms in total. The molecule has 23 heavy (non-hydrogen) atoms. The van der Waals surface area contributed by atoms with Gasteiger partial charge < -0.3 is 10.6 Å². The molecule has 122 valence electrons. The SMILES string of the molecule is Cc1ccc(Cl)cc1Nc1nccc(NC2CCCCCC2)n1. The predicted octanol–water partition coefficient (Wildman–Crippen LogP) is 5.32. The summed E-state index contributed by atoms with van der Waals surface area (Å²) in [5.41, 5.74) is 2.05. The average molecular weight is 331 g/mol. The van der Waals surface area contributed by atoms with Crippen LogP contribution in [0.5, 0.6) is 0 Å². The van der Waals surface area contributed by atoms with E-state index in [1.54, 1.807) is 6.20 Å². The molecule has 1 saturated carbocycles. The Balaban J connectivity index is 1.70. The fourth-order valence-corrected chi connectivity index (χ4v) is 3.15. The standard InChI is InChI=1S/C18H23ClN4/c1-13-8-9-14(19)12-16(13)22-18-20-11-10-17(23-18)21-15-6-4-2-3-5-7-15/h8-12,15H,2-7H2,1H3,(H2,20,21,22,23). The van der Waals surface area contributed by atoms with Crippen molar-refractivity contribution in [1.82, 2.24) is 9.97 Å². The number of halogens is 1. The Bertz CT molecular complexity index is 651. The molecule has 0 atom stereocenters. The highest BCUT2D eigenvalue weighted by Gasteiger charge is 2.12. The molecular weight excluding hydrogens is 308 g/mol. The first-order chi connectivity index (χ1) is 11.2. The Hall–Kier alpha value is -1.81. The number of nitrogens with one attached hydrogen (secondary N) is 2. The van der Waals surface area contributed by atoms with Crippen LogP contribution in [0.1, 0.15) is 44.1 Å². The van der Waals surface area contributed by atoms with Crippen LogP contribution in [0, 0.1) is 6.92 Å². The van der Waals surface area contributed by atoms with Gasteiger partial charge >= 0.3 is 0 Å². The van der Waals surface area contributed by atoms with Crippen molar-refractivity contribution in [2.45, 2.75) is 51.5 Å². The van der Waals surface area contributed by atoms with Gasteiger partial charge in [-0.2, -0.15) is 4.98 Å². The second-order valence-electron chi connectivity index (χ2n) is 6.18. The normalized spacial score (nSPS) is 15.9. The molecule has 1 fully saturated rings. The van der Waals surface area contributed by atoms with Crippen molar-refractivity contribution in [3.05, 3.63) is 41.0 Å². The summed E-state index contributed by atoms with van der Waals surface area (Å²) in [4.78, 5) is 8.90. The molecule has 1 aromatic heterocycles. The molecule has 0 aliphatic heterocycles. The van der Waals surface area contributed by atoms with E-state index < -0.39 is 0 Å². The highest BCUT2D eigenvalue weighted by molar-refractivity contribution is 6.30. The quantitative estimate of drug-likeness (QED) is 0.745. The summed E-state index contributed by atoms with van der Waals surface area (Å²) in [5.74, 6) is 1.48. The maximum absolute atomic E-state index is 6.07. The van der Waals surface area contributed by atoms with E-state index in [0.29, 0.717) is 17.0 Å². The third-order valence-corrected chi connectivity index (χ3v) is 4.54. The molecule has 0 bridgehead atoms. The van der Waals surface area contributed by atoms with Crippen molar-refractivity contribution in [3.8, 4) is 0 Å². The Labute approximate surface area is 142 Å². The summed E-state index contributed by atoms with van der Waals surface area (Å²) < 4.78 is 0. The largest absolute Gasteiger partial charge is 0.367 e. The molecule has 3 rings (SSSR count). The number of hydrogen-bond donors (Lipinski definition) is 2. The van der Waals surface area contributed by atoms with E-state index in [1.807, 2.05) is 31.2 Å². The van der Waals surface area contributed by atoms with Crippen LogP contribution in [0.2, 0.25) is 5.02 Å². The predicted molar refractivity (Wildman–Crippen MR) is 96.6 cm³/mol. The van der Waals surface area contributed by atoms with Crippen LogP contribution in [0.4, 0.5) is 17.5 Å². The van der Waals surface area contributed by atoms with Gasteiger partial charge in [-0.3, -0.25) is 0 Å². The minimum Gasteiger partial charge on any atom is -0.367 e. The lowest BCUT2D eigenvalue weighted by Crippen LogP contribution is -2.19. The van der Waals surface area contributed by atoms with Gasteiger partial charge in [-0.05, 0) is 43.5 Å². The van der Waals surface area contributed by atoms with Crippen LogP contribution in [0.3, 0.4) is 0 Å². The molecule has 2 aromatic rings. The molecule has 0 unspecified atom stereocenters. The van der Waals surface area contributed by atoms with Gasteiger partial charge in [0.25, 0.3) is 0 Å². The highest BCUT2D eigenvalue weighted by Crippen LogP contribution is 2.24. The Kier molecular flexibility index (Phi) is 5.34. The van der Waals surface area contributed by atoms with Crippen molar-refractivity contribution in [2.24, 2.45) is 0 Å². The zero-order valence-electron chi connectivity index (χ0n) is 13.5. The smallest absolute Gasteiger partial charge is 0.229 e. The highest BCUT2D eigenvalue weighted by atomic mass is 35.5. The van der Waals surface area contributed by atoms with Gasteiger partial charge in [0.05, 0.1) is 0 Å². The van der Waals surface area contributed by atoms with Gasteiger partial charge in [0.1, 0.15) is 5.82 Å². The van der Waals surface area contributed by atoms with Gasteiger partial charge in [0.2, 0.25) is 5.95 Å². The molecule has 1 aromatic carbocycles. The van der Waals surface area contributed by atoms with E-state index in [9.17, 15) is 0 Å². The molecule has 0 spiro atoms. The van der Waals surface area contributed by atoms with Gasteiger partial charge in [-0.25, -0.2) is 4.98 Å². The molecule has 1 heterocycles. The zero-order chi connectivity index (χ0) is 16.1. The topological polar surface area (TPSA) is 49.8 Å². The number of aryl methyl sites for hydroxylation is 1. The minimum atomic E-state index is 0.521. The first-order valence-corrected chi connectivity index (χ1v) is 8.71. The molecule has 5 heteroatoms. The summed E-state index contributed by atoms with van der Waals surface area (Å²) in [6.45, 7) is 2.03. The third-order valence-electron chi connectivity index (χ3n) is 4.31. The molecular formula is C18H23ClN4. The molecule has 1 aliphatic carbocycles. The van der Waals surface area contributed by atoms with Gasteiger partial charge in [0.15, 0.2) is 0 Å². The van der Waals surface area contributed by atoms with E-state index in [4.69, 9.17) is 11.6 Å². The van der Waals surface area contributed by atoms with Gasteiger partial charge in [-0.1, -0.05) is 43.4 Å². The van der Waals surface area contributed by atoms with Crippen LogP contribution < -0.4 is 10.6 Å². The first kappa shape index (κ1) is 16.1. The van der Waals surface area contributed by atoms with Crippen molar-refractivity contribution in [2.75, 3.05) is 10.6 Å². The fourth-order valence-electron chi connectivity index (χ4n) is 2.98. The minimum absolute atomic E-state index is 0.521. The molecule has 2 N–H and O–H groups in total. The molecule has 0 radical (unpaired) electrons. The number of nitrogens with zero attached hydrogens (tertiary/aromatic N) is 2. The molecule has 1 aliphatic rings. The Morgan fingerprint density at radius 2 is 1.87 bits per heavy atom. The second-order valence-corrected chi connectivity index (χ2v) is 6.62. The fraction of sp³-hybridized carbons (Fsp3) is 0.444. The van der Waals surface area contributed by atoms with Crippen LogP contribution in [-0.2, 0) is 0 Å². The average Bonchev–Trinajstić information content (AvgIpc) is 2.80. The van der Waals surface area contributed by atoms with Crippen LogP contribution in [0.25, 0.3) is 0 Å². The number of benzene rings is 1. The number of hydrogen-bond acceptors (Lipinski definition) is 4. The molecule has 0 saturated heterocycles. The lowest BCUT2D eigenvalue weighted by atomic mass is 10.1. The van der Waals surface area contributed by atoms with E-state index in [-0.39, 0.29) is 0 Å². The summed E-state index contributed by atoms with van der Waals surface area (Å²) in [7, 11) is 0. The van der Waals surface area contributed by atoms with E-state index in [0.717, 1.165) is 17.1 Å². The lowest BCUT2D eigenvalue weighted by molar-refractivity contribution is 0.617. The summed E-state index contributed by atoms with van der Waals surface area (Å²) in [6, 6.07) is 8.21. The zero-order valence-corrected chi connectivity index (χ0v) is 14.2. The van der Waals surface area contributed by atoms with Crippen molar-refractivity contribution in [3.63, 3.8) is 0 Å².